The Morgan fingerprint density at radius 1 is 1.40 bits per heavy atom. The highest BCUT2D eigenvalue weighted by Crippen LogP contribution is 2.14. The van der Waals surface area contributed by atoms with E-state index in [1.807, 2.05) is 37.3 Å². The number of para-hydroxylation sites is 1. The highest BCUT2D eigenvalue weighted by molar-refractivity contribution is 5.95. The SMILES string of the molecule is Cc1c(C(=O)NCC2CNC2)cnn1-c1ccccc1. The molecule has 20 heavy (non-hydrogen) atoms. The number of benzene rings is 1. The van der Waals surface area contributed by atoms with Crippen molar-refractivity contribution in [3.63, 3.8) is 0 Å². The molecule has 0 saturated carbocycles. The molecular formula is C15H18N4O. The summed E-state index contributed by atoms with van der Waals surface area (Å²) in [5.74, 6) is 0.514. The molecule has 5 heteroatoms. The third-order valence-electron chi connectivity index (χ3n) is 3.67. The van der Waals surface area contributed by atoms with Crippen LogP contribution in [-0.4, -0.2) is 35.3 Å². The van der Waals surface area contributed by atoms with Gasteiger partial charge in [-0.25, -0.2) is 4.68 Å². The number of rotatable bonds is 4. The average molecular weight is 270 g/mol. The zero-order valence-electron chi connectivity index (χ0n) is 11.5. The number of hydrogen-bond donors (Lipinski definition) is 2. The largest absolute Gasteiger partial charge is 0.352 e. The highest BCUT2D eigenvalue weighted by atomic mass is 16.1. The molecule has 1 amide bonds. The molecule has 104 valence electrons. The summed E-state index contributed by atoms with van der Waals surface area (Å²) >= 11 is 0. The fraction of sp³-hybridized carbons (Fsp3) is 0.333. The lowest BCUT2D eigenvalue weighted by atomic mass is 10.0. The van der Waals surface area contributed by atoms with Gasteiger partial charge in [-0.05, 0) is 19.1 Å². The van der Waals surface area contributed by atoms with Gasteiger partial charge in [-0.3, -0.25) is 4.79 Å². The Morgan fingerprint density at radius 2 is 2.15 bits per heavy atom. The van der Waals surface area contributed by atoms with Crippen molar-refractivity contribution >= 4 is 5.91 Å². The van der Waals surface area contributed by atoms with Gasteiger partial charge in [0.2, 0.25) is 0 Å². The average Bonchev–Trinajstić information content (AvgIpc) is 2.80. The van der Waals surface area contributed by atoms with Crippen LogP contribution in [0.1, 0.15) is 16.1 Å². The first-order valence-electron chi connectivity index (χ1n) is 6.84. The van der Waals surface area contributed by atoms with E-state index < -0.39 is 0 Å². The second kappa shape index (κ2) is 5.46. The van der Waals surface area contributed by atoms with Crippen molar-refractivity contribution in [3.05, 3.63) is 47.8 Å². The molecule has 2 aromatic rings. The molecule has 1 aromatic heterocycles. The molecule has 0 atom stereocenters. The number of hydrogen-bond acceptors (Lipinski definition) is 3. The van der Waals surface area contributed by atoms with Crippen LogP contribution in [0.25, 0.3) is 5.69 Å². The fourth-order valence-corrected chi connectivity index (χ4v) is 2.29. The summed E-state index contributed by atoms with van der Waals surface area (Å²) in [6.45, 7) is 4.62. The van der Waals surface area contributed by atoms with Gasteiger partial charge in [0.15, 0.2) is 0 Å². The Morgan fingerprint density at radius 3 is 2.80 bits per heavy atom. The molecule has 0 spiro atoms. The first kappa shape index (κ1) is 12.9. The first-order chi connectivity index (χ1) is 9.75. The second-order valence-corrected chi connectivity index (χ2v) is 5.13. The van der Waals surface area contributed by atoms with E-state index in [-0.39, 0.29) is 5.91 Å². The Bertz CT molecular complexity index is 602. The Kier molecular flexibility index (Phi) is 3.52. The van der Waals surface area contributed by atoms with Crippen molar-refractivity contribution in [1.82, 2.24) is 20.4 Å². The summed E-state index contributed by atoms with van der Waals surface area (Å²) in [5, 5.41) is 10.5. The molecule has 5 nitrogen and oxygen atoms in total. The summed E-state index contributed by atoms with van der Waals surface area (Å²) < 4.78 is 1.79. The van der Waals surface area contributed by atoms with E-state index >= 15 is 0 Å². The normalized spacial score (nSPS) is 14.8. The lowest BCUT2D eigenvalue weighted by molar-refractivity contribution is 0.0941. The van der Waals surface area contributed by atoms with Crippen LogP contribution in [0.4, 0.5) is 0 Å². The molecule has 1 aliphatic rings. The van der Waals surface area contributed by atoms with Crippen molar-refractivity contribution in [2.75, 3.05) is 19.6 Å². The Hall–Kier alpha value is -2.14. The minimum absolute atomic E-state index is 0.0448. The smallest absolute Gasteiger partial charge is 0.254 e. The van der Waals surface area contributed by atoms with E-state index in [4.69, 9.17) is 0 Å². The van der Waals surface area contributed by atoms with Crippen LogP contribution in [0.5, 0.6) is 0 Å². The standard InChI is InChI=1S/C15H18N4O/c1-11-14(15(20)17-9-12-7-16-8-12)10-18-19(11)13-5-3-2-4-6-13/h2-6,10,12,16H,7-9H2,1H3,(H,17,20). The summed E-state index contributed by atoms with van der Waals surface area (Å²) in [5.41, 5.74) is 2.47. The van der Waals surface area contributed by atoms with E-state index in [9.17, 15) is 4.79 Å². The number of nitrogens with zero attached hydrogens (tertiary/aromatic N) is 2. The highest BCUT2D eigenvalue weighted by Gasteiger charge is 2.19. The van der Waals surface area contributed by atoms with Crippen LogP contribution < -0.4 is 10.6 Å². The summed E-state index contributed by atoms with van der Waals surface area (Å²) in [7, 11) is 0. The lowest BCUT2D eigenvalue weighted by Crippen LogP contribution is -2.48. The Balaban J connectivity index is 1.74. The maximum absolute atomic E-state index is 12.2. The van der Waals surface area contributed by atoms with E-state index in [0.717, 1.165) is 31.0 Å². The third-order valence-corrected chi connectivity index (χ3v) is 3.67. The number of aromatic nitrogens is 2. The van der Waals surface area contributed by atoms with E-state index in [1.54, 1.807) is 10.9 Å². The zero-order valence-corrected chi connectivity index (χ0v) is 11.5. The molecule has 0 aliphatic carbocycles. The van der Waals surface area contributed by atoms with Crippen molar-refractivity contribution in [2.24, 2.45) is 5.92 Å². The third kappa shape index (κ3) is 2.44. The molecule has 0 bridgehead atoms. The number of nitrogens with one attached hydrogen (secondary N) is 2. The maximum atomic E-state index is 12.2. The number of carbonyl (C=O) groups is 1. The summed E-state index contributed by atoms with van der Waals surface area (Å²) in [6.07, 6.45) is 1.64. The minimum Gasteiger partial charge on any atom is -0.352 e. The van der Waals surface area contributed by atoms with Gasteiger partial charge in [0.1, 0.15) is 0 Å². The van der Waals surface area contributed by atoms with Crippen LogP contribution in [0, 0.1) is 12.8 Å². The molecule has 2 heterocycles. The molecule has 3 rings (SSSR count). The van der Waals surface area contributed by atoms with Gasteiger partial charge in [-0.15, -0.1) is 0 Å². The van der Waals surface area contributed by atoms with Crippen LogP contribution >= 0.6 is 0 Å². The van der Waals surface area contributed by atoms with Gasteiger partial charge in [-0.2, -0.15) is 5.10 Å². The van der Waals surface area contributed by atoms with Crippen LogP contribution in [0.15, 0.2) is 36.5 Å². The van der Waals surface area contributed by atoms with Gasteiger partial charge in [0, 0.05) is 25.6 Å². The molecule has 0 unspecified atom stereocenters. The van der Waals surface area contributed by atoms with Crippen LogP contribution in [-0.2, 0) is 0 Å². The molecule has 1 aliphatic heterocycles. The van der Waals surface area contributed by atoms with Crippen LogP contribution in [0.3, 0.4) is 0 Å². The molecule has 1 aromatic carbocycles. The molecule has 0 radical (unpaired) electrons. The van der Waals surface area contributed by atoms with Crippen molar-refractivity contribution in [1.29, 1.82) is 0 Å². The summed E-state index contributed by atoms with van der Waals surface area (Å²) in [6, 6.07) is 9.83. The first-order valence-corrected chi connectivity index (χ1v) is 6.84. The van der Waals surface area contributed by atoms with Gasteiger partial charge in [-0.1, -0.05) is 18.2 Å². The van der Waals surface area contributed by atoms with Gasteiger partial charge in [0.25, 0.3) is 5.91 Å². The molecule has 1 saturated heterocycles. The summed E-state index contributed by atoms with van der Waals surface area (Å²) in [4.78, 5) is 12.2. The zero-order chi connectivity index (χ0) is 13.9. The van der Waals surface area contributed by atoms with Crippen molar-refractivity contribution in [2.45, 2.75) is 6.92 Å². The molecule has 1 fully saturated rings. The molecular weight excluding hydrogens is 252 g/mol. The number of carbonyl (C=O) groups excluding carboxylic acids is 1. The fourth-order valence-electron chi connectivity index (χ4n) is 2.29. The number of amides is 1. The maximum Gasteiger partial charge on any atom is 0.254 e. The lowest BCUT2D eigenvalue weighted by Gasteiger charge is -2.27. The monoisotopic (exact) mass is 270 g/mol. The quantitative estimate of drug-likeness (QED) is 0.875. The van der Waals surface area contributed by atoms with E-state index in [2.05, 4.69) is 15.7 Å². The minimum atomic E-state index is -0.0448. The van der Waals surface area contributed by atoms with E-state index in [1.165, 1.54) is 0 Å². The van der Waals surface area contributed by atoms with Crippen molar-refractivity contribution in [3.8, 4) is 5.69 Å². The van der Waals surface area contributed by atoms with Crippen LogP contribution in [0.2, 0.25) is 0 Å². The van der Waals surface area contributed by atoms with Gasteiger partial charge in [0.05, 0.1) is 23.1 Å². The topological polar surface area (TPSA) is 59.0 Å². The van der Waals surface area contributed by atoms with E-state index in [0.29, 0.717) is 11.5 Å². The predicted octanol–water partition coefficient (Wildman–Crippen LogP) is 1.13. The Labute approximate surface area is 118 Å². The second-order valence-electron chi connectivity index (χ2n) is 5.13. The predicted molar refractivity (Wildman–Crippen MR) is 77.0 cm³/mol. The van der Waals surface area contributed by atoms with Gasteiger partial charge >= 0.3 is 0 Å². The van der Waals surface area contributed by atoms with Gasteiger partial charge < -0.3 is 10.6 Å². The molecule has 2 N–H and O–H groups in total. The van der Waals surface area contributed by atoms with Crippen molar-refractivity contribution < 1.29 is 4.79 Å².